The average molecular weight is 289 g/mol. The summed E-state index contributed by atoms with van der Waals surface area (Å²) in [6, 6.07) is 7.50. The van der Waals surface area contributed by atoms with Crippen molar-refractivity contribution in [1.29, 1.82) is 0 Å². The van der Waals surface area contributed by atoms with Crippen LogP contribution in [0.1, 0.15) is 21.6 Å². The summed E-state index contributed by atoms with van der Waals surface area (Å²) >= 11 is 5.66. The van der Waals surface area contributed by atoms with E-state index in [1.807, 2.05) is 18.2 Å². The third-order valence-corrected chi connectivity index (χ3v) is 3.34. The minimum atomic E-state index is -0.552. The molecule has 1 amide bonds. The number of amides is 1. The number of carbonyl (C=O) groups is 1. The van der Waals surface area contributed by atoms with Crippen molar-refractivity contribution >= 4 is 29.4 Å². The highest BCUT2D eigenvalue weighted by molar-refractivity contribution is 6.31. The Balaban J connectivity index is 1.82. The molecule has 0 saturated heterocycles. The highest BCUT2D eigenvalue weighted by atomic mass is 35.5. The summed E-state index contributed by atoms with van der Waals surface area (Å²) in [5, 5.41) is 2.59. The Kier molecular flexibility index (Phi) is 3.24. The lowest BCUT2D eigenvalue weighted by atomic mass is 10.2. The lowest BCUT2D eigenvalue weighted by molar-refractivity contribution is 0.102. The molecule has 3 nitrogen and oxygen atoms in total. The summed E-state index contributed by atoms with van der Waals surface area (Å²) in [4.78, 5) is 16.4. The minimum Gasteiger partial charge on any atom is -0.307 e. The Morgan fingerprint density at radius 1 is 1.30 bits per heavy atom. The van der Waals surface area contributed by atoms with Crippen LogP contribution in [0, 0.1) is 5.82 Å². The summed E-state index contributed by atoms with van der Waals surface area (Å²) in [5.41, 5.74) is 2.28. The first-order chi connectivity index (χ1) is 9.63. The number of hydrogen-bond acceptors (Lipinski definition) is 2. The first-order valence-electron chi connectivity index (χ1n) is 6.06. The van der Waals surface area contributed by atoms with E-state index in [1.165, 1.54) is 12.1 Å². The van der Waals surface area contributed by atoms with Crippen LogP contribution in [0.2, 0.25) is 5.02 Å². The molecule has 0 atom stereocenters. The van der Waals surface area contributed by atoms with Crippen LogP contribution >= 0.6 is 11.6 Å². The Bertz CT molecular complexity index is 728. The number of hydrogen-bond donors (Lipinski definition) is 1. The van der Waals surface area contributed by atoms with Gasteiger partial charge in [0.15, 0.2) is 0 Å². The zero-order valence-corrected chi connectivity index (χ0v) is 11.1. The minimum absolute atomic E-state index is 0.0810. The quantitative estimate of drug-likeness (QED) is 0.915. The monoisotopic (exact) mass is 288 g/mol. The van der Waals surface area contributed by atoms with E-state index in [-0.39, 0.29) is 16.5 Å². The molecule has 1 heterocycles. The number of rotatable bonds is 2. The molecule has 0 bridgehead atoms. The number of aromatic nitrogens is 1. The summed E-state index contributed by atoms with van der Waals surface area (Å²) in [5.74, 6) is -0.467. The third kappa shape index (κ3) is 2.42. The maximum atomic E-state index is 13.1. The maximum Gasteiger partial charge on any atom is 0.256 e. The number of benzene rings is 1. The number of nitrogens with zero attached hydrogens (tertiary/aromatic N) is 1. The zero-order chi connectivity index (χ0) is 14.1. The number of fused-ring (bicyclic) bond motifs is 1. The molecule has 1 aromatic heterocycles. The number of halogens is 2. The SMILES string of the molecule is O=C(Nc1ccc2c(n1)C=CC2)c1ccc(F)c(Cl)c1. The molecule has 100 valence electrons. The molecule has 0 unspecified atom stereocenters. The highest BCUT2D eigenvalue weighted by Crippen LogP contribution is 2.20. The second-order valence-electron chi connectivity index (χ2n) is 4.43. The van der Waals surface area contributed by atoms with Gasteiger partial charge in [-0.25, -0.2) is 9.37 Å². The Morgan fingerprint density at radius 2 is 2.15 bits per heavy atom. The number of anilines is 1. The van der Waals surface area contributed by atoms with Crippen LogP contribution < -0.4 is 5.32 Å². The van der Waals surface area contributed by atoms with Crippen LogP contribution in [0.4, 0.5) is 10.2 Å². The average Bonchev–Trinajstić information content (AvgIpc) is 2.89. The fourth-order valence-electron chi connectivity index (χ4n) is 2.01. The highest BCUT2D eigenvalue weighted by Gasteiger charge is 2.12. The molecular formula is C15H10ClFN2O. The second-order valence-corrected chi connectivity index (χ2v) is 4.84. The lowest BCUT2D eigenvalue weighted by Gasteiger charge is -2.07. The molecule has 0 radical (unpaired) electrons. The van der Waals surface area contributed by atoms with Crippen molar-refractivity contribution in [3.8, 4) is 0 Å². The van der Waals surface area contributed by atoms with Gasteiger partial charge in [0.25, 0.3) is 5.91 Å². The standard InChI is InChI=1S/C15H10ClFN2O/c16-11-8-10(4-6-12(11)17)15(20)19-14-7-5-9-2-1-3-13(9)18-14/h1,3-8H,2H2,(H,18,19,20). The predicted molar refractivity (Wildman–Crippen MR) is 76.3 cm³/mol. The molecule has 0 spiro atoms. The van der Waals surface area contributed by atoms with Gasteiger partial charge in [0.2, 0.25) is 0 Å². The van der Waals surface area contributed by atoms with E-state index in [2.05, 4.69) is 10.3 Å². The molecule has 0 fully saturated rings. The van der Waals surface area contributed by atoms with Gasteiger partial charge in [-0.3, -0.25) is 4.79 Å². The number of carbonyl (C=O) groups excluding carboxylic acids is 1. The van der Waals surface area contributed by atoms with E-state index in [0.29, 0.717) is 5.82 Å². The van der Waals surface area contributed by atoms with Crippen LogP contribution in [0.15, 0.2) is 36.4 Å². The summed E-state index contributed by atoms with van der Waals surface area (Å²) in [7, 11) is 0. The van der Waals surface area contributed by atoms with Crippen molar-refractivity contribution in [1.82, 2.24) is 4.98 Å². The van der Waals surface area contributed by atoms with Crippen molar-refractivity contribution in [2.75, 3.05) is 5.32 Å². The largest absolute Gasteiger partial charge is 0.307 e. The lowest BCUT2D eigenvalue weighted by Crippen LogP contribution is -2.13. The summed E-state index contributed by atoms with van der Waals surface area (Å²) in [6.07, 6.45) is 4.80. The van der Waals surface area contributed by atoms with Crippen LogP contribution in [-0.2, 0) is 6.42 Å². The van der Waals surface area contributed by atoms with Crippen molar-refractivity contribution in [2.24, 2.45) is 0 Å². The van der Waals surface area contributed by atoms with Gasteiger partial charge in [0.05, 0.1) is 10.7 Å². The first kappa shape index (κ1) is 12.8. The van der Waals surface area contributed by atoms with Crippen LogP contribution in [0.5, 0.6) is 0 Å². The molecular weight excluding hydrogens is 279 g/mol. The third-order valence-electron chi connectivity index (χ3n) is 3.05. The van der Waals surface area contributed by atoms with Gasteiger partial charge in [0, 0.05) is 5.56 Å². The molecule has 0 saturated carbocycles. The number of allylic oxidation sites excluding steroid dienone is 1. The first-order valence-corrected chi connectivity index (χ1v) is 6.44. The fourth-order valence-corrected chi connectivity index (χ4v) is 2.19. The van der Waals surface area contributed by atoms with Gasteiger partial charge in [-0.15, -0.1) is 0 Å². The van der Waals surface area contributed by atoms with E-state index in [9.17, 15) is 9.18 Å². The van der Waals surface area contributed by atoms with E-state index in [1.54, 1.807) is 6.07 Å². The molecule has 5 heteroatoms. The predicted octanol–water partition coefficient (Wildman–Crippen LogP) is 3.70. The van der Waals surface area contributed by atoms with Gasteiger partial charge in [0.1, 0.15) is 11.6 Å². The second kappa shape index (κ2) is 5.06. The van der Waals surface area contributed by atoms with E-state index < -0.39 is 5.82 Å². The van der Waals surface area contributed by atoms with E-state index in [0.717, 1.165) is 23.7 Å². The summed E-state index contributed by atoms with van der Waals surface area (Å²) in [6.45, 7) is 0. The smallest absolute Gasteiger partial charge is 0.256 e. The summed E-state index contributed by atoms with van der Waals surface area (Å²) < 4.78 is 13.1. The zero-order valence-electron chi connectivity index (χ0n) is 10.4. The topological polar surface area (TPSA) is 42.0 Å². The van der Waals surface area contributed by atoms with Gasteiger partial charge < -0.3 is 5.32 Å². The van der Waals surface area contributed by atoms with Crippen LogP contribution in [0.25, 0.3) is 6.08 Å². The molecule has 3 rings (SSSR count). The van der Waals surface area contributed by atoms with E-state index >= 15 is 0 Å². The Hall–Kier alpha value is -2.20. The Morgan fingerprint density at radius 3 is 2.95 bits per heavy atom. The molecule has 20 heavy (non-hydrogen) atoms. The van der Waals surface area contributed by atoms with E-state index in [4.69, 9.17) is 11.6 Å². The molecule has 1 N–H and O–H groups in total. The fraction of sp³-hybridized carbons (Fsp3) is 0.0667. The maximum absolute atomic E-state index is 13.1. The van der Waals surface area contributed by atoms with Crippen LogP contribution in [0.3, 0.4) is 0 Å². The van der Waals surface area contributed by atoms with Gasteiger partial charge >= 0.3 is 0 Å². The Labute approximate surface area is 120 Å². The number of nitrogens with one attached hydrogen (secondary N) is 1. The van der Waals surface area contributed by atoms with Crippen molar-refractivity contribution in [3.63, 3.8) is 0 Å². The van der Waals surface area contributed by atoms with Crippen molar-refractivity contribution in [3.05, 3.63) is 64.1 Å². The van der Waals surface area contributed by atoms with Crippen LogP contribution in [-0.4, -0.2) is 10.9 Å². The van der Waals surface area contributed by atoms with Crippen molar-refractivity contribution in [2.45, 2.75) is 6.42 Å². The molecule has 1 aliphatic carbocycles. The molecule has 1 aliphatic rings. The molecule has 1 aromatic carbocycles. The molecule has 0 aliphatic heterocycles. The van der Waals surface area contributed by atoms with Gasteiger partial charge in [-0.05, 0) is 42.3 Å². The number of pyridine rings is 1. The van der Waals surface area contributed by atoms with Gasteiger partial charge in [-0.1, -0.05) is 23.7 Å². The van der Waals surface area contributed by atoms with Crippen molar-refractivity contribution < 1.29 is 9.18 Å². The normalized spacial score (nSPS) is 12.3. The molecule has 2 aromatic rings. The van der Waals surface area contributed by atoms with Gasteiger partial charge in [-0.2, -0.15) is 0 Å².